The molecule has 0 unspecified atom stereocenters. The highest BCUT2D eigenvalue weighted by Crippen LogP contribution is 2.33. The Morgan fingerprint density at radius 1 is 0.903 bits per heavy atom. The maximum absolute atomic E-state index is 13.0. The van der Waals surface area contributed by atoms with E-state index in [1.54, 1.807) is 0 Å². The summed E-state index contributed by atoms with van der Waals surface area (Å²) in [5.41, 5.74) is 1.72. The van der Waals surface area contributed by atoms with Crippen LogP contribution in [0.1, 0.15) is 30.4 Å². The predicted molar refractivity (Wildman–Crippen MR) is 115 cm³/mol. The zero-order valence-corrected chi connectivity index (χ0v) is 17.6. The molecule has 2 N–H and O–H groups in total. The predicted octanol–water partition coefficient (Wildman–Crippen LogP) is 2.98. The molecule has 2 aromatic rings. The Morgan fingerprint density at radius 3 is 2.10 bits per heavy atom. The summed E-state index contributed by atoms with van der Waals surface area (Å²) in [6.45, 7) is 0.0960. The van der Waals surface area contributed by atoms with Gasteiger partial charge in [0, 0.05) is 6.42 Å². The molecule has 0 bridgehead atoms. The summed E-state index contributed by atoms with van der Waals surface area (Å²) in [4.78, 5) is 37.5. The fourth-order valence-electron chi connectivity index (χ4n) is 3.28. The molecule has 7 heteroatoms. The van der Waals surface area contributed by atoms with E-state index in [4.69, 9.17) is 9.47 Å². The molecule has 0 heterocycles. The van der Waals surface area contributed by atoms with Crippen LogP contribution in [-0.2, 0) is 32.1 Å². The number of carbonyl (C=O) groups excluding carboxylic acids is 3. The fraction of sp³-hybridized carbons (Fsp3) is 0.375. The van der Waals surface area contributed by atoms with E-state index in [9.17, 15) is 14.4 Å². The molecule has 0 spiro atoms. The first kappa shape index (κ1) is 22.3. The highest BCUT2D eigenvalue weighted by atomic mass is 16.5. The van der Waals surface area contributed by atoms with E-state index in [0.29, 0.717) is 12.3 Å². The third-order valence-electron chi connectivity index (χ3n) is 5.17. The van der Waals surface area contributed by atoms with Gasteiger partial charge >= 0.3 is 12.1 Å². The minimum Gasteiger partial charge on any atom is -0.467 e. The lowest BCUT2D eigenvalue weighted by molar-refractivity contribution is -0.145. The molecule has 0 saturated heterocycles. The number of hydrogen-bond acceptors (Lipinski definition) is 5. The van der Waals surface area contributed by atoms with Crippen LogP contribution in [0.4, 0.5) is 4.79 Å². The zero-order valence-electron chi connectivity index (χ0n) is 17.6. The number of esters is 1. The van der Waals surface area contributed by atoms with E-state index in [2.05, 4.69) is 10.6 Å². The van der Waals surface area contributed by atoms with Crippen molar-refractivity contribution in [3.05, 3.63) is 71.8 Å². The summed E-state index contributed by atoms with van der Waals surface area (Å²) >= 11 is 0. The Kier molecular flexibility index (Phi) is 8.04. The Balaban J connectivity index is 1.64. The van der Waals surface area contributed by atoms with Gasteiger partial charge in [0.2, 0.25) is 5.91 Å². The molecule has 164 valence electrons. The molecule has 1 fully saturated rings. The van der Waals surface area contributed by atoms with E-state index in [1.807, 2.05) is 60.7 Å². The van der Waals surface area contributed by atoms with E-state index in [-0.39, 0.29) is 13.0 Å². The lowest BCUT2D eigenvalue weighted by Gasteiger charge is -2.22. The molecule has 1 aliphatic carbocycles. The number of nitrogens with one attached hydrogen (secondary N) is 2. The third-order valence-corrected chi connectivity index (χ3v) is 5.17. The van der Waals surface area contributed by atoms with Crippen molar-refractivity contribution < 1.29 is 23.9 Å². The van der Waals surface area contributed by atoms with E-state index in [0.717, 1.165) is 24.0 Å². The van der Waals surface area contributed by atoms with Crippen molar-refractivity contribution in [2.24, 2.45) is 5.92 Å². The standard InChI is InChI=1S/C24H28N2O5/c1-30-23(28)21(15-18-12-13-18)25-22(27)20(14-17-8-4-2-5-9-17)26-24(29)31-16-19-10-6-3-7-11-19/h2-11,18,20-21H,12-16H2,1H3,(H,25,27)(H,26,29)/t20-,21+/m1/s1. The minimum atomic E-state index is -0.892. The number of rotatable bonds is 10. The van der Waals surface area contributed by atoms with Gasteiger partial charge in [0.15, 0.2) is 0 Å². The second-order valence-electron chi connectivity index (χ2n) is 7.71. The maximum atomic E-state index is 13.0. The van der Waals surface area contributed by atoms with Crippen LogP contribution in [0.15, 0.2) is 60.7 Å². The summed E-state index contributed by atoms with van der Waals surface area (Å²) in [5.74, 6) is -0.511. The molecule has 2 aromatic carbocycles. The molecule has 0 aliphatic heterocycles. The van der Waals surface area contributed by atoms with Crippen molar-refractivity contribution in [2.45, 2.75) is 44.4 Å². The summed E-state index contributed by atoms with van der Waals surface area (Å²) in [7, 11) is 1.30. The van der Waals surface area contributed by atoms with Gasteiger partial charge in [0.05, 0.1) is 7.11 Å². The first-order valence-electron chi connectivity index (χ1n) is 10.4. The molecule has 1 aliphatic rings. The number of amides is 2. The van der Waals surface area contributed by atoms with E-state index < -0.39 is 30.1 Å². The highest BCUT2D eigenvalue weighted by molar-refractivity contribution is 5.89. The molecule has 31 heavy (non-hydrogen) atoms. The average molecular weight is 424 g/mol. The van der Waals surface area contributed by atoms with Crippen molar-refractivity contribution in [2.75, 3.05) is 7.11 Å². The molecule has 0 radical (unpaired) electrons. The van der Waals surface area contributed by atoms with Gasteiger partial charge in [-0.3, -0.25) is 4.79 Å². The molecular weight excluding hydrogens is 396 g/mol. The number of carbonyl (C=O) groups is 3. The van der Waals surface area contributed by atoms with Crippen LogP contribution in [0.2, 0.25) is 0 Å². The van der Waals surface area contributed by atoms with Crippen LogP contribution in [0.5, 0.6) is 0 Å². The molecular formula is C24H28N2O5. The largest absolute Gasteiger partial charge is 0.467 e. The smallest absolute Gasteiger partial charge is 0.408 e. The summed E-state index contributed by atoms with van der Waals surface area (Å²) < 4.78 is 10.1. The van der Waals surface area contributed by atoms with Crippen molar-refractivity contribution in [3.8, 4) is 0 Å². The maximum Gasteiger partial charge on any atom is 0.408 e. The van der Waals surface area contributed by atoms with E-state index in [1.165, 1.54) is 7.11 Å². The number of alkyl carbamates (subject to hydrolysis) is 1. The van der Waals surface area contributed by atoms with Crippen molar-refractivity contribution in [1.29, 1.82) is 0 Å². The van der Waals surface area contributed by atoms with Gasteiger partial charge in [-0.2, -0.15) is 0 Å². The van der Waals surface area contributed by atoms with Gasteiger partial charge in [-0.15, -0.1) is 0 Å². The van der Waals surface area contributed by atoms with Crippen LogP contribution in [0.25, 0.3) is 0 Å². The second-order valence-corrected chi connectivity index (χ2v) is 7.71. The molecule has 0 aromatic heterocycles. The minimum absolute atomic E-state index is 0.0960. The van der Waals surface area contributed by atoms with Gasteiger partial charge in [-0.25, -0.2) is 9.59 Å². The Labute approximate surface area is 182 Å². The van der Waals surface area contributed by atoms with Gasteiger partial charge in [-0.05, 0) is 23.5 Å². The molecule has 7 nitrogen and oxygen atoms in total. The van der Waals surface area contributed by atoms with Crippen LogP contribution in [0, 0.1) is 5.92 Å². The van der Waals surface area contributed by atoms with Crippen LogP contribution >= 0.6 is 0 Å². The first-order chi connectivity index (χ1) is 15.0. The number of hydrogen-bond donors (Lipinski definition) is 2. The Morgan fingerprint density at radius 2 is 1.52 bits per heavy atom. The lowest BCUT2D eigenvalue weighted by atomic mass is 10.0. The van der Waals surface area contributed by atoms with Crippen LogP contribution < -0.4 is 10.6 Å². The number of benzene rings is 2. The van der Waals surface area contributed by atoms with Crippen LogP contribution in [-0.4, -0.2) is 37.2 Å². The van der Waals surface area contributed by atoms with Gasteiger partial charge in [0.1, 0.15) is 18.7 Å². The normalized spacial score (nSPS) is 14.7. The highest BCUT2D eigenvalue weighted by Gasteiger charge is 2.33. The number of ether oxygens (including phenoxy) is 2. The topological polar surface area (TPSA) is 93.7 Å². The number of methoxy groups -OCH3 is 1. The van der Waals surface area contributed by atoms with Crippen molar-refractivity contribution in [3.63, 3.8) is 0 Å². The fourth-order valence-corrected chi connectivity index (χ4v) is 3.28. The van der Waals surface area contributed by atoms with Crippen molar-refractivity contribution >= 4 is 18.0 Å². The monoisotopic (exact) mass is 424 g/mol. The second kappa shape index (κ2) is 11.2. The summed E-state index contributed by atoms with van der Waals surface area (Å²) in [6.07, 6.45) is 2.19. The van der Waals surface area contributed by atoms with Gasteiger partial charge in [-0.1, -0.05) is 73.5 Å². The molecule has 3 rings (SSSR count). The van der Waals surface area contributed by atoms with Crippen LogP contribution in [0.3, 0.4) is 0 Å². The van der Waals surface area contributed by atoms with Crippen molar-refractivity contribution in [1.82, 2.24) is 10.6 Å². The van der Waals surface area contributed by atoms with E-state index >= 15 is 0 Å². The zero-order chi connectivity index (χ0) is 22.1. The summed E-state index contributed by atoms with van der Waals surface area (Å²) in [5, 5.41) is 5.40. The average Bonchev–Trinajstić information content (AvgIpc) is 3.61. The molecule has 2 atom stereocenters. The third kappa shape index (κ3) is 7.44. The molecule has 2 amide bonds. The SMILES string of the molecule is COC(=O)[C@H](CC1CC1)NC(=O)[C@@H](Cc1ccccc1)NC(=O)OCc1ccccc1. The lowest BCUT2D eigenvalue weighted by Crippen LogP contribution is -2.52. The molecule has 1 saturated carbocycles. The van der Waals surface area contributed by atoms with Gasteiger partial charge < -0.3 is 20.1 Å². The summed E-state index contributed by atoms with van der Waals surface area (Å²) in [6, 6.07) is 17.0. The quantitative estimate of drug-likeness (QED) is 0.572. The van der Waals surface area contributed by atoms with Gasteiger partial charge in [0.25, 0.3) is 0 Å². The first-order valence-corrected chi connectivity index (χ1v) is 10.4. The Hall–Kier alpha value is -3.35. The Bertz CT molecular complexity index is 868.